The van der Waals surface area contributed by atoms with E-state index in [2.05, 4.69) is 10.3 Å². The molecule has 4 nitrogen and oxygen atoms in total. The van der Waals surface area contributed by atoms with Crippen molar-refractivity contribution < 1.29 is 4.74 Å². The van der Waals surface area contributed by atoms with Crippen molar-refractivity contribution in [3.05, 3.63) is 11.9 Å². The van der Waals surface area contributed by atoms with Crippen LogP contribution >= 0.6 is 0 Å². The van der Waals surface area contributed by atoms with Gasteiger partial charge in [-0.25, -0.2) is 0 Å². The van der Waals surface area contributed by atoms with Gasteiger partial charge in [-0.1, -0.05) is 5.21 Å². The lowest BCUT2D eigenvalue weighted by Gasteiger charge is -2.02. The minimum Gasteiger partial charge on any atom is -0.375 e. The molecule has 0 spiro atoms. The quantitative estimate of drug-likeness (QED) is 0.603. The Bertz CT molecular complexity index is 209. The summed E-state index contributed by atoms with van der Waals surface area (Å²) in [6.07, 6.45) is 1.88. The van der Waals surface area contributed by atoms with E-state index >= 15 is 0 Å². The van der Waals surface area contributed by atoms with E-state index in [0.29, 0.717) is 0 Å². The van der Waals surface area contributed by atoms with Gasteiger partial charge in [0.2, 0.25) is 0 Å². The molecule has 10 heavy (non-hydrogen) atoms. The van der Waals surface area contributed by atoms with Crippen LogP contribution in [0.5, 0.6) is 0 Å². The zero-order chi connectivity index (χ0) is 7.56. The largest absolute Gasteiger partial charge is 0.375 e. The molecular formula is C6H11N3O. The molecule has 1 rings (SSSR count). The number of hydrogen-bond acceptors (Lipinski definition) is 3. The van der Waals surface area contributed by atoms with Gasteiger partial charge >= 0.3 is 0 Å². The summed E-state index contributed by atoms with van der Waals surface area (Å²) in [4.78, 5) is 0. The second kappa shape index (κ2) is 2.79. The molecule has 1 atom stereocenters. The highest BCUT2D eigenvalue weighted by Crippen LogP contribution is 2.09. The number of aryl methyl sites for hydroxylation is 1. The van der Waals surface area contributed by atoms with Gasteiger partial charge in [0.05, 0.1) is 12.3 Å². The van der Waals surface area contributed by atoms with Gasteiger partial charge in [-0.15, -0.1) is 5.10 Å². The molecular weight excluding hydrogens is 130 g/mol. The lowest BCUT2D eigenvalue weighted by atomic mass is 10.3. The molecule has 0 saturated carbocycles. The number of methoxy groups -OCH3 is 1. The van der Waals surface area contributed by atoms with E-state index in [1.54, 1.807) is 11.8 Å². The number of ether oxygens (including phenoxy) is 1. The molecule has 0 aliphatic rings. The number of nitrogens with zero attached hydrogens (tertiary/aromatic N) is 3. The minimum absolute atomic E-state index is 0.0358. The molecule has 56 valence electrons. The first kappa shape index (κ1) is 7.21. The van der Waals surface area contributed by atoms with Crippen molar-refractivity contribution in [1.29, 1.82) is 0 Å². The van der Waals surface area contributed by atoms with Gasteiger partial charge in [-0.2, -0.15) is 0 Å². The molecule has 1 aromatic rings. The average molecular weight is 141 g/mol. The van der Waals surface area contributed by atoms with Gasteiger partial charge in [-0.05, 0) is 6.92 Å². The van der Waals surface area contributed by atoms with Crippen molar-refractivity contribution in [2.75, 3.05) is 7.11 Å². The standard InChI is InChI=1S/C6H11N3O/c1-5(10-3)6-4-9(2)8-7-6/h4-5H,1-3H3/t5-/m1/s1. The second-order valence-electron chi connectivity index (χ2n) is 2.20. The monoisotopic (exact) mass is 141 g/mol. The summed E-state index contributed by atoms with van der Waals surface area (Å²) in [6.45, 7) is 1.93. The molecule has 0 aliphatic carbocycles. The first-order chi connectivity index (χ1) is 4.74. The van der Waals surface area contributed by atoms with Crippen LogP contribution in [0.4, 0.5) is 0 Å². The van der Waals surface area contributed by atoms with Crippen LogP contribution in [0.1, 0.15) is 18.7 Å². The van der Waals surface area contributed by atoms with Gasteiger partial charge < -0.3 is 4.74 Å². The van der Waals surface area contributed by atoms with Crippen molar-refractivity contribution in [2.45, 2.75) is 13.0 Å². The molecule has 0 unspecified atom stereocenters. The van der Waals surface area contributed by atoms with Crippen LogP contribution in [-0.2, 0) is 11.8 Å². The molecule has 0 aliphatic heterocycles. The van der Waals surface area contributed by atoms with Gasteiger partial charge in [0.25, 0.3) is 0 Å². The summed E-state index contributed by atoms with van der Waals surface area (Å²) in [7, 11) is 3.48. The van der Waals surface area contributed by atoms with E-state index in [1.807, 2.05) is 20.2 Å². The summed E-state index contributed by atoms with van der Waals surface area (Å²) >= 11 is 0. The topological polar surface area (TPSA) is 39.9 Å². The molecule has 1 aromatic heterocycles. The van der Waals surface area contributed by atoms with Crippen molar-refractivity contribution >= 4 is 0 Å². The number of rotatable bonds is 2. The third-order valence-electron chi connectivity index (χ3n) is 1.39. The van der Waals surface area contributed by atoms with E-state index in [-0.39, 0.29) is 6.10 Å². The lowest BCUT2D eigenvalue weighted by molar-refractivity contribution is 0.116. The smallest absolute Gasteiger partial charge is 0.111 e. The molecule has 0 bridgehead atoms. The van der Waals surface area contributed by atoms with Crippen LogP contribution < -0.4 is 0 Å². The summed E-state index contributed by atoms with van der Waals surface area (Å²) in [6, 6.07) is 0. The van der Waals surface area contributed by atoms with Gasteiger partial charge in [-0.3, -0.25) is 4.68 Å². The Hall–Kier alpha value is -0.900. The zero-order valence-electron chi connectivity index (χ0n) is 6.40. The predicted molar refractivity (Wildman–Crippen MR) is 36.4 cm³/mol. The average Bonchev–Trinajstić information content (AvgIpc) is 2.34. The highest BCUT2D eigenvalue weighted by molar-refractivity contribution is 4.95. The van der Waals surface area contributed by atoms with Crippen molar-refractivity contribution in [3.8, 4) is 0 Å². The first-order valence-electron chi connectivity index (χ1n) is 3.13. The van der Waals surface area contributed by atoms with Gasteiger partial charge in [0, 0.05) is 14.2 Å². The van der Waals surface area contributed by atoms with E-state index in [9.17, 15) is 0 Å². The van der Waals surface area contributed by atoms with Crippen LogP contribution in [0.2, 0.25) is 0 Å². The minimum atomic E-state index is 0.0358. The molecule has 0 amide bonds. The Kier molecular flexibility index (Phi) is 2.01. The van der Waals surface area contributed by atoms with Crippen LogP contribution in [0.3, 0.4) is 0 Å². The molecule has 1 heterocycles. The van der Waals surface area contributed by atoms with Crippen LogP contribution in [0, 0.1) is 0 Å². The summed E-state index contributed by atoms with van der Waals surface area (Å²) in [5.74, 6) is 0. The maximum atomic E-state index is 5.03. The fraction of sp³-hybridized carbons (Fsp3) is 0.667. The fourth-order valence-electron chi connectivity index (χ4n) is 0.672. The maximum Gasteiger partial charge on any atom is 0.111 e. The highest BCUT2D eigenvalue weighted by atomic mass is 16.5. The van der Waals surface area contributed by atoms with Crippen molar-refractivity contribution in [2.24, 2.45) is 7.05 Å². The number of aromatic nitrogens is 3. The highest BCUT2D eigenvalue weighted by Gasteiger charge is 2.06. The van der Waals surface area contributed by atoms with E-state index < -0.39 is 0 Å². The van der Waals surface area contributed by atoms with E-state index in [1.165, 1.54) is 0 Å². The summed E-state index contributed by atoms with van der Waals surface area (Å²) in [5, 5.41) is 7.65. The second-order valence-corrected chi connectivity index (χ2v) is 2.20. The maximum absolute atomic E-state index is 5.03. The Morgan fingerprint density at radius 2 is 2.40 bits per heavy atom. The summed E-state index contributed by atoms with van der Waals surface area (Å²) < 4.78 is 6.69. The zero-order valence-corrected chi connectivity index (χ0v) is 6.40. The summed E-state index contributed by atoms with van der Waals surface area (Å²) in [5.41, 5.74) is 0.866. The van der Waals surface area contributed by atoms with E-state index in [4.69, 9.17) is 4.74 Å². The predicted octanol–water partition coefficient (Wildman–Crippen LogP) is 0.522. The molecule has 4 heteroatoms. The Morgan fingerprint density at radius 3 is 2.80 bits per heavy atom. The Labute approximate surface area is 59.8 Å². The van der Waals surface area contributed by atoms with Crippen LogP contribution in [0.25, 0.3) is 0 Å². The van der Waals surface area contributed by atoms with Crippen LogP contribution in [-0.4, -0.2) is 22.1 Å². The molecule has 0 aromatic carbocycles. The number of hydrogen-bond donors (Lipinski definition) is 0. The normalized spacial score (nSPS) is 13.5. The van der Waals surface area contributed by atoms with Gasteiger partial charge in [0.1, 0.15) is 5.69 Å². The van der Waals surface area contributed by atoms with Gasteiger partial charge in [0.15, 0.2) is 0 Å². The molecule has 0 saturated heterocycles. The van der Waals surface area contributed by atoms with Crippen molar-refractivity contribution in [3.63, 3.8) is 0 Å². The molecule has 0 radical (unpaired) electrons. The van der Waals surface area contributed by atoms with Crippen LogP contribution in [0.15, 0.2) is 6.20 Å². The SMILES string of the molecule is CO[C@H](C)c1cn(C)nn1. The Balaban J connectivity index is 2.74. The third kappa shape index (κ3) is 1.33. The third-order valence-corrected chi connectivity index (χ3v) is 1.39. The fourth-order valence-corrected chi connectivity index (χ4v) is 0.672. The van der Waals surface area contributed by atoms with E-state index in [0.717, 1.165) is 5.69 Å². The first-order valence-corrected chi connectivity index (χ1v) is 3.13. The molecule has 0 N–H and O–H groups in total. The Morgan fingerprint density at radius 1 is 1.70 bits per heavy atom. The van der Waals surface area contributed by atoms with Crippen molar-refractivity contribution in [1.82, 2.24) is 15.0 Å². The molecule has 0 fully saturated rings. The lowest BCUT2D eigenvalue weighted by Crippen LogP contribution is -1.95.